The Balaban J connectivity index is 0.00000225. The first-order valence-electron chi connectivity index (χ1n) is 8.62. The monoisotopic (exact) mass is 477 g/mol. The van der Waals surface area contributed by atoms with Crippen LogP contribution in [0.4, 0.5) is 0 Å². The molecule has 2 unspecified atom stereocenters. The second-order valence-corrected chi connectivity index (χ2v) is 7.75. The first kappa shape index (κ1) is 20.5. The number of nitrogens with one attached hydrogen (secondary N) is 2. The second kappa shape index (κ2) is 9.75. The summed E-state index contributed by atoms with van der Waals surface area (Å²) in [5, 5.41) is 7.51. The minimum absolute atomic E-state index is 0. The summed E-state index contributed by atoms with van der Waals surface area (Å²) in [4.78, 5) is 4.32. The van der Waals surface area contributed by atoms with E-state index in [0.717, 1.165) is 36.0 Å². The van der Waals surface area contributed by atoms with E-state index in [1.165, 1.54) is 24.2 Å². The highest BCUT2D eigenvalue weighted by molar-refractivity contribution is 14.0. The molecule has 2 heterocycles. The molecular formula is C18H28IN3O2S. The average molecular weight is 477 g/mol. The van der Waals surface area contributed by atoms with E-state index in [2.05, 4.69) is 34.7 Å². The molecule has 0 radical (unpaired) electrons. The lowest BCUT2D eigenvalue weighted by Gasteiger charge is -2.16. The van der Waals surface area contributed by atoms with Crippen LogP contribution in [0.2, 0.25) is 0 Å². The number of aliphatic imine (C=N–C) groups is 1. The molecule has 0 aromatic heterocycles. The zero-order valence-electron chi connectivity index (χ0n) is 15.1. The zero-order chi connectivity index (χ0) is 16.9. The van der Waals surface area contributed by atoms with Crippen molar-refractivity contribution in [2.45, 2.75) is 44.1 Å². The minimum atomic E-state index is 0. The highest BCUT2D eigenvalue weighted by Gasteiger charge is 2.22. The number of hydrogen-bond acceptors (Lipinski definition) is 4. The molecule has 0 amide bonds. The van der Waals surface area contributed by atoms with Crippen molar-refractivity contribution in [3.8, 4) is 11.5 Å². The van der Waals surface area contributed by atoms with Crippen LogP contribution in [0, 0.1) is 0 Å². The molecule has 7 heteroatoms. The molecule has 0 saturated carbocycles. The number of rotatable bonds is 5. The van der Waals surface area contributed by atoms with Crippen LogP contribution in [0.25, 0.3) is 0 Å². The summed E-state index contributed by atoms with van der Waals surface area (Å²) in [6.45, 7) is 3.72. The summed E-state index contributed by atoms with van der Waals surface area (Å²) >= 11 is 2.05. The first-order valence-corrected chi connectivity index (χ1v) is 9.67. The molecule has 3 rings (SSSR count). The van der Waals surface area contributed by atoms with Gasteiger partial charge in [-0.25, -0.2) is 0 Å². The summed E-state index contributed by atoms with van der Waals surface area (Å²) in [7, 11) is 3.52. The summed E-state index contributed by atoms with van der Waals surface area (Å²) in [5.41, 5.74) is 2.31. The third-order valence-electron chi connectivity index (χ3n) is 4.49. The van der Waals surface area contributed by atoms with E-state index >= 15 is 0 Å². The van der Waals surface area contributed by atoms with Gasteiger partial charge in [-0.15, -0.1) is 24.0 Å². The van der Waals surface area contributed by atoms with Crippen LogP contribution in [0.3, 0.4) is 0 Å². The Labute approximate surface area is 171 Å². The van der Waals surface area contributed by atoms with E-state index in [4.69, 9.17) is 9.47 Å². The van der Waals surface area contributed by atoms with Gasteiger partial charge >= 0.3 is 0 Å². The molecule has 140 valence electrons. The number of halogens is 1. The van der Waals surface area contributed by atoms with Gasteiger partial charge in [0.2, 0.25) is 0 Å². The quantitative estimate of drug-likeness (QED) is 0.388. The molecule has 2 atom stereocenters. The molecule has 1 fully saturated rings. The van der Waals surface area contributed by atoms with Gasteiger partial charge in [-0.3, -0.25) is 4.99 Å². The Morgan fingerprint density at radius 2 is 2.24 bits per heavy atom. The minimum Gasteiger partial charge on any atom is -0.496 e. The van der Waals surface area contributed by atoms with Crippen molar-refractivity contribution in [2.75, 3.05) is 26.5 Å². The van der Waals surface area contributed by atoms with E-state index in [-0.39, 0.29) is 30.1 Å². The third kappa shape index (κ3) is 5.32. The van der Waals surface area contributed by atoms with Crippen molar-refractivity contribution in [1.29, 1.82) is 0 Å². The molecule has 2 aliphatic heterocycles. The van der Waals surface area contributed by atoms with E-state index in [9.17, 15) is 0 Å². The van der Waals surface area contributed by atoms with Gasteiger partial charge < -0.3 is 20.1 Å². The maximum atomic E-state index is 5.86. The molecule has 25 heavy (non-hydrogen) atoms. The number of methoxy groups -OCH3 is 1. The fourth-order valence-electron chi connectivity index (χ4n) is 3.23. The van der Waals surface area contributed by atoms with Crippen LogP contribution < -0.4 is 20.1 Å². The number of fused-ring (bicyclic) bond motifs is 1. The van der Waals surface area contributed by atoms with Crippen molar-refractivity contribution in [3.63, 3.8) is 0 Å². The van der Waals surface area contributed by atoms with Gasteiger partial charge in [0.05, 0.1) is 7.11 Å². The number of nitrogens with zero attached hydrogens (tertiary/aromatic N) is 1. The molecule has 2 N–H and O–H groups in total. The van der Waals surface area contributed by atoms with Crippen LogP contribution in [0.15, 0.2) is 17.1 Å². The predicted octanol–water partition coefficient (Wildman–Crippen LogP) is 3.20. The zero-order valence-corrected chi connectivity index (χ0v) is 18.3. The molecule has 0 aliphatic carbocycles. The standard InChI is InChI=1S/C18H27N3O2S.HI/c1-12-7-13-8-16(22-3)14(9-17(13)23-12)10-20-18(19-2)21-11-15-5-4-6-24-15;/h8-9,12,15H,4-7,10-11H2,1-3H3,(H2,19,20,21);1H. The van der Waals surface area contributed by atoms with Crippen molar-refractivity contribution in [2.24, 2.45) is 4.99 Å². The SMILES string of the molecule is CN=C(NCc1cc2c(cc1OC)CC(C)O2)NCC1CCCS1.I. The Hall–Kier alpha value is -0.830. The van der Waals surface area contributed by atoms with Crippen molar-refractivity contribution >= 4 is 41.7 Å². The highest BCUT2D eigenvalue weighted by atomic mass is 127. The third-order valence-corrected chi connectivity index (χ3v) is 5.89. The maximum absolute atomic E-state index is 5.86. The number of hydrogen-bond donors (Lipinski definition) is 2. The topological polar surface area (TPSA) is 54.9 Å². The number of ether oxygens (including phenoxy) is 2. The van der Waals surface area contributed by atoms with Crippen LogP contribution in [0.5, 0.6) is 11.5 Å². The Morgan fingerprint density at radius 3 is 2.92 bits per heavy atom. The van der Waals surface area contributed by atoms with E-state index in [1.54, 1.807) is 7.11 Å². The van der Waals surface area contributed by atoms with Gasteiger partial charge in [-0.05, 0) is 37.7 Å². The van der Waals surface area contributed by atoms with Crippen molar-refractivity contribution < 1.29 is 9.47 Å². The highest BCUT2D eigenvalue weighted by Crippen LogP contribution is 2.34. The van der Waals surface area contributed by atoms with Gasteiger partial charge in [-0.1, -0.05) is 0 Å². The largest absolute Gasteiger partial charge is 0.496 e. The van der Waals surface area contributed by atoms with Crippen LogP contribution in [0.1, 0.15) is 30.9 Å². The molecule has 1 aromatic carbocycles. The molecule has 2 aliphatic rings. The number of benzene rings is 1. The molecular weight excluding hydrogens is 449 g/mol. The summed E-state index contributed by atoms with van der Waals surface area (Å²) < 4.78 is 11.4. The molecule has 0 bridgehead atoms. The fourth-order valence-corrected chi connectivity index (χ4v) is 4.43. The Bertz CT molecular complexity index is 606. The molecule has 1 saturated heterocycles. The predicted molar refractivity (Wildman–Crippen MR) is 116 cm³/mol. The maximum Gasteiger partial charge on any atom is 0.191 e. The van der Waals surface area contributed by atoms with E-state index in [0.29, 0.717) is 11.8 Å². The van der Waals surface area contributed by atoms with Crippen molar-refractivity contribution in [3.05, 3.63) is 23.3 Å². The normalized spacial score (nSPS) is 22.0. The summed E-state index contributed by atoms with van der Waals surface area (Å²) in [6, 6.07) is 4.19. The second-order valence-electron chi connectivity index (χ2n) is 6.35. The first-order chi connectivity index (χ1) is 11.7. The van der Waals surface area contributed by atoms with Gasteiger partial charge in [-0.2, -0.15) is 11.8 Å². The smallest absolute Gasteiger partial charge is 0.191 e. The van der Waals surface area contributed by atoms with Gasteiger partial charge in [0.15, 0.2) is 5.96 Å². The van der Waals surface area contributed by atoms with Crippen LogP contribution in [-0.4, -0.2) is 43.8 Å². The lowest BCUT2D eigenvalue weighted by atomic mass is 10.1. The number of thioether (sulfide) groups is 1. The van der Waals surface area contributed by atoms with Gasteiger partial charge in [0.25, 0.3) is 0 Å². The summed E-state index contributed by atoms with van der Waals surface area (Å²) in [6.07, 6.45) is 3.81. The van der Waals surface area contributed by atoms with E-state index in [1.807, 2.05) is 18.8 Å². The molecule has 1 aromatic rings. The van der Waals surface area contributed by atoms with Gasteiger partial charge in [0.1, 0.15) is 17.6 Å². The molecule has 0 spiro atoms. The lowest BCUT2D eigenvalue weighted by molar-refractivity contribution is 0.254. The number of guanidine groups is 1. The Kier molecular flexibility index (Phi) is 7.99. The lowest BCUT2D eigenvalue weighted by Crippen LogP contribution is -2.39. The summed E-state index contributed by atoms with van der Waals surface area (Å²) in [5.74, 6) is 3.99. The average Bonchev–Trinajstić information content (AvgIpc) is 3.22. The molecule has 5 nitrogen and oxygen atoms in total. The van der Waals surface area contributed by atoms with E-state index < -0.39 is 0 Å². The Morgan fingerprint density at radius 1 is 1.40 bits per heavy atom. The fraction of sp³-hybridized carbons (Fsp3) is 0.611. The van der Waals surface area contributed by atoms with Crippen molar-refractivity contribution in [1.82, 2.24) is 10.6 Å². The van der Waals surface area contributed by atoms with Crippen LogP contribution >= 0.6 is 35.7 Å². The van der Waals surface area contributed by atoms with Gasteiger partial charge in [0, 0.05) is 42.9 Å². The van der Waals surface area contributed by atoms with Crippen LogP contribution in [-0.2, 0) is 13.0 Å².